The number of benzene rings is 5. The quantitative estimate of drug-likeness (QED) is 0.0774. The van der Waals surface area contributed by atoms with Crippen LogP contribution < -0.4 is 10.0 Å². The number of hydrogen-bond acceptors (Lipinski definition) is 10. The summed E-state index contributed by atoms with van der Waals surface area (Å²) in [4.78, 5) is 0.553. The molecule has 0 aromatic heterocycles. The van der Waals surface area contributed by atoms with Crippen LogP contribution in [0, 0.1) is 6.92 Å². The highest BCUT2D eigenvalue weighted by molar-refractivity contribution is 7.89. The number of para-hydroxylation sites is 1. The topological polar surface area (TPSA) is 148 Å². The lowest BCUT2D eigenvalue weighted by molar-refractivity contribution is 0.475. The van der Waals surface area contributed by atoms with Gasteiger partial charge in [-0.1, -0.05) is 25.1 Å². The Morgan fingerprint density at radius 2 is 1.52 bits per heavy atom. The van der Waals surface area contributed by atoms with E-state index in [1.54, 1.807) is 37.3 Å². The largest absolute Gasteiger partial charge is 0.506 e. The van der Waals surface area contributed by atoms with Crippen LogP contribution in [-0.4, -0.2) is 25.2 Å². The molecule has 4 N–H and O–H groups in total. The number of anilines is 2. The maximum absolute atomic E-state index is 12.3. The number of phenolic OH excluding ortho intramolecular Hbond substituents is 2. The van der Waals surface area contributed by atoms with E-state index in [0.29, 0.717) is 40.2 Å². The highest BCUT2D eigenvalue weighted by Crippen LogP contribution is 2.43. The number of aryl methyl sites for hydroxylation is 1. The highest BCUT2D eigenvalue weighted by atomic mass is 32.2. The Kier molecular flexibility index (Phi) is 9.23. The van der Waals surface area contributed by atoms with Crippen molar-refractivity contribution < 1.29 is 18.6 Å². The van der Waals surface area contributed by atoms with E-state index in [4.69, 9.17) is 0 Å². The fraction of sp³-hybridized carbons (Fsp3) is 0.125. The van der Waals surface area contributed by atoms with Crippen molar-refractivity contribution >= 4 is 67.5 Å². The molecule has 0 bridgehead atoms. The number of phenols is 2. The van der Waals surface area contributed by atoms with Gasteiger partial charge in [0.1, 0.15) is 17.1 Å². The molecule has 0 radical (unpaired) electrons. The van der Waals surface area contributed by atoms with Crippen molar-refractivity contribution in [3.8, 4) is 11.5 Å². The molecule has 0 fully saturated rings. The van der Waals surface area contributed by atoms with Crippen LogP contribution in [0.5, 0.6) is 11.5 Å². The Morgan fingerprint density at radius 1 is 0.795 bits per heavy atom. The van der Waals surface area contributed by atoms with Gasteiger partial charge in [0, 0.05) is 34.3 Å². The van der Waals surface area contributed by atoms with Gasteiger partial charge in [-0.15, -0.1) is 22.9 Å². The molecule has 0 amide bonds. The van der Waals surface area contributed by atoms with Gasteiger partial charge in [0.2, 0.25) is 10.0 Å². The number of hydrogen-bond donors (Lipinski definition) is 5. The minimum atomic E-state index is -3.58. The SMILES string of the molecule is CCCNS(=O)(=O)c1ccc(N=Nc2cc(O)c(N=Nc3c(S)cc4cc(Nc5ccccc5)ccc4c3O)cc2C)cc1. The molecule has 0 saturated carbocycles. The van der Waals surface area contributed by atoms with Crippen LogP contribution in [0.15, 0.2) is 121 Å². The normalized spacial score (nSPS) is 12.0. The molecule has 0 atom stereocenters. The second kappa shape index (κ2) is 13.2. The van der Waals surface area contributed by atoms with Crippen LogP contribution in [0.4, 0.5) is 34.1 Å². The summed E-state index contributed by atoms with van der Waals surface area (Å²) in [7, 11) is -3.58. The van der Waals surface area contributed by atoms with E-state index < -0.39 is 10.0 Å². The lowest BCUT2D eigenvalue weighted by Gasteiger charge is -2.11. The van der Waals surface area contributed by atoms with E-state index in [-0.39, 0.29) is 27.8 Å². The molecule has 0 saturated heterocycles. The molecule has 5 aromatic carbocycles. The fourth-order valence-corrected chi connectivity index (χ4v) is 5.74. The van der Waals surface area contributed by atoms with Gasteiger partial charge in [0.25, 0.3) is 0 Å². The first-order valence-corrected chi connectivity index (χ1v) is 15.7. The van der Waals surface area contributed by atoms with Crippen molar-refractivity contribution in [1.29, 1.82) is 0 Å². The molecule has 0 aliphatic rings. The summed E-state index contributed by atoms with van der Waals surface area (Å²) in [5.41, 5.74) is 3.64. The highest BCUT2D eigenvalue weighted by Gasteiger charge is 2.14. The smallest absolute Gasteiger partial charge is 0.240 e. The summed E-state index contributed by atoms with van der Waals surface area (Å²) in [6.07, 6.45) is 0.689. The third-order valence-electron chi connectivity index (χ3n) is 6.64. The molecule has 0 aliphatic heterocycles. The van der Waals surface area contributed by atoms with E-state index in [1.807, 2.05) is 49.4 Å². The first kappa shape index (κ1) is 30.7. The average molecular weight is 627 g/mol. The predicted octanol–water partition coefficient (Wildman–Crippen LogP) is 9.11. The van der Waals surface area contributed by atoms with Gasteiger partial charge in [-0.2, -0.15) is 10.2 Å². The zero-order valence-electron chi connectivity index (χ0n) is 23.9. The number of sulfonamides is 1. The van der Waals surface area contributed by atoms with Crippen molar-refractivity contribution in [2.45, 2.75) is 30.1 Å². The number of rotatable bonds is 10. The molecular weight excluding hydrogens is 597 g/mol. The standard InChI is InChI=1S/C32H30N6O4S2/c1-3-15-33-44(41,42)25-12-9-23(10-13-25)35-36-27-19-29(39)28(16-20(27)2)37-38-31-30(43)18-21-17-24(11-14-26(21)32(31)40)34-22-7-5-4-6-8-22/h4-14,16-19,33-34,39-40,43H,3,15H2,1-2H3. The van der Waals surface area contributed by atoms with E-state index in [0.717, 1.165) is 16.8 Å². The maximum Gasteiger partial charge on any atom is 0.240 e. The third kappa shape index (κ3) is 7.05. The summed E-state index contributed by atoms with van der Waals surface area (Å²) in [6.45, 7) is 4.02. The van der Waals surface area contributed by atoms with Gasteiger partial charge in [-0.25, -0.2) is 13.1 Å². The van der Waals surface area contributed by atoms with Gasteiger partial charge < -0.3 is 15.5 Å². The van der Waals surface area contributed by atoms with E-state index in [1.165, 1.54) is 18.2 Å². The molecule has 224 valence electrons. The number of nitrogens with one attached hydrogen (secondary N) is 2. The number of thiol groups is 1. The number of azo groups is 2. The van der Waals surface area contributed by atoms with Gasteiger partial charge >= 0.3 is 0 Å². The van der Waals surface area contributed by atoms with Crippen LogP contribution in [0.1, 0.15) is 18.9 Å². The van der Waals surface area contributed by atoms with Crippen molar-refractivity contribution in [2.75, 3.05) is 11.9 Å². The summed E-state index contributed by atoms with van der Waals surface area (Å²) >= 11 is 4.52. The Morgan fingerprint density at radius 3 is 2.25 bits per heavy atom. The Labute approximate surface area is 260 Å². The monoisotopic (exact) mass is 626 g/mol. The number of nitrogens with zero attached hydrogens (tertiary/aromatic N) is 4. The second-order valence-corrected chi connectivity index (χ2v) is 12.2. The van der Waals surface area contributed by atoms with Crippen LogP contribution in [-0.2, 0) is 10.0 Å². The molecule has 10 nitrogen and oxygen atoms in total. The number of fused-ring (bicyclic) bond motifs is 1. The predicted molar refractivity (Wildman–Crippen MR) is 176 cm³/mol. The first-order valence-electron chi connectivity index (χ1n) is 13.7. The van der Waals surface area contributed by atoms with Crippen molar-refractivity contribution in [3.63, 3.8) is 0 Å². The van der Waals surface area contributed by atoms with Gasteiger partial charge in [0.15, 0.2) is 5.75 Å². The van der Waals surface area contributed by atoms with Crippen LogP contribution >= 0.6 is 12.6 Å². The van der Waals surface area contributed by atoms with Crippen molar-refractivity contribution in [2.24, 2.45) is 20.5 Å². The molecule has 0 unspecified atom stereocenters. The molecule has 12 heteroatoms. The zero-order valence-corrected chi connectivity index (χ0v) is 25.6. The van der Waals surface area contributed by atoms with Crippen LogP contribution in [0.2, 0.25) is 0 Å². The lowest BCUT2D eigenvalue weighted by Crippen LogP contribution is -2.24. The summed E-state index contributed by atoms with van der Waals surface area (Å²) in [5, 5.41) is 43.0. The Balaban J connectivity index is 1.34. The molecule has 5 rings (SSSR count). The van der Waals surface area contributed by atoms with Gasteiger partial charge in [-0.05, 0) is 91.0 Å². The van der Waals surface area contributed by atoms with E-state index in [9.17, 15) is 18.6 Å². The van der Waals surface area contributed by atoms with Crippen molar-refractivity contribution in [1.82, 2.24) is 4.72 Å². The zero-order chi connectivity index (χ0) is 31.3. The Bertz CT molecular complexity index is 1980. The lowest BCUT2D eigenvalue weighted by atomic mass is 10.1. The molecule has 44 heavy (non-hydrogen) atoms. The number of aromatic hydroxyl groups is 2. The average Bonchev–Trinajstić information content (AvgIpc) is 3.01. The Hall–Kier alpha value is -4.78. The molecule has 0 spiro atoms. The molecule has 5 aromatic rings. The minimum Gasteiger partial charge on any atom is -0.506 e. The van der Waals surface area contributed by atoms with Gasteiger partial charge in [-0.3, -0.25) is 0 Å². The summed E-state index contributed by atoms with van der Waals surface area (Å²) < 4.78 is 27.1. The molecule has 0 aliphatic carbocycles. The summed E-state index contributed by atoms with van der Waals surface area (Å²) in [5.74, 6) is -0.265. The molecular formula is C32H30N6O4S2. The maximum atomic E-state index is 12.3. The molecule has 0 heterocycles. The third-order valence-corrected chi connectivity index (χ3v) is 8.46. The van der Waals surface area contributed by atoms with Gasteiger partial charge in [0.05, 0.1) is 16.3 Å². The van der Waals surface area contributed by atoms with Crippen molar-refractivity contribution in [3.05, 3.63) is 96.6 Å². The van der Waals surface area contributed by atoms with Crippen LogP contribution in [0.25, 0.3) is 10.8 Å². The summed E-state index contributed by atoms with van der Waals surface area (Å²) in [6, 6.07) is 26.1. The van der Waals surface area contributed by atoms with Crippen LogP contribution in [0.3, 0.4) is 0 Å². The first-order chi connectivity index (χ1) is 21.1. The fourth-order valence-electron chi connectivity index (χ4n) is 4.31. The van der Waals surface area contributed by atoms with E-state index in [2.05, 4.69) is 43.1 Å². The second-order valence-electron chi connectivity index (χ2n) is 9.94. The minimum absolute atomic E-state index is 0.0795. The van der Waals surface area contributed by atoms with E-state index >= 15 is 0 Å².